The molecule has 0 saturated carbocycles. The summed E-state index contributed by atoms with van der Waals surface area (Å²) in [5, 5.41) is 2.73. The van der Waals surface area contributed by atoms with Crippen molar-refractivity contribution in [2.75, 3.05) is 11.1 Å². The summed E-state index contributed by atoms with van der Waals surface area (Å²) >= 11 is 5.01. The molecule has 0 aliphatic heterocycles. The SMILES string of the molecule is O=C(CSCc1ccccc1Br)Nc1ccc(F)cc1. The molecule has 0 atom stereocenters. The molecular weight excluding hydrogens is 341 g/mol. The van der Waals surface area contributed by atoms with Crippen molar-refractivity contribution in [3.05, 3.63) is 64.4 Å². The fourth-order valence-electron chi connectivity index (χ4n) is 1.60. The van der Waals surface area contributed by atoms with Crippen LogP contribution < -0.4 is 5.32 Å². The maximum Gasteiger partial charge on any atom is 0.234 e. The van der Waals surface area contributed by atoms with Crippen molar-refractivity contribution in [3.63, 3.8) is 0 Å². The summed E-state index contributed by atoms with van der Waals surface area (Å²) in [7, 11) is 0. The summed E-state index contributed by atoms with van der Waals surface area (Å²) in [6.45, 7) is 0. The zero-order chi connectivity index (χ0) is 14.4. The Bertz CT molecular complexity index is 589. The van der Waals surface area contributed by atoms with Crippen molar-refractivity contribution in [2.24, 2.45) is 0 Å². The maximum absolute atomic E-state index is 12.7. The lowest BCUT2D eigenvalue weighted by Crippen LogP contribution is -2.14. The van der Waals surface area contributed by atoms with E-state index in [0.29, 0.717) is 11.4 Å². The molecule has 0 radical (unpaired) electrons. The smallest absolute Gasteiger partial charge is 0.234 e. The van der Waals surface area contributed by atoms with E-state index in [4.69, 9.17) is 0 Å². The third-order valence-electron chi connectivity index (χ3n) is 2.58. The average Bonchev–Trinajstić information content (AvgIpc) is 2.43. The molecular formula is C15H13BrFNOS. The Kier molecular flexibility index (Phi) is 5.61. The van der Waals surface area contributed by atoms with Crippen LogP contribution in [-0.2, 0) is 10.5 Å². The average molecular weight is 354 g/mol. The van der Waals surface area contributed by atoms with Gasteiger partial charge in [-0.3, -0.25) is 4.79 Å². The molecule has 1 N–H and O–H groups in total. The van der Waals surface area contributed by atoms with Crippen molar-refractivity contribution in [2.45, 2.75) is 5.75 Å². The molecule has 2 rings (SSSR count). The second-order valence-electron chi connectivity index (χ2n) is 4.14. The molecule has 0 heterocycles. The van der Waals surface area contributed by atoms with Crippen LogP contribution in [0.25, 0.3) is 0 Å². The van der Waals surface area contributed by atoms with Gasteiger partial charge in [0.05, 0.1) is 5.75 Å². The number of carbonyl (C=O) groups is 1. The molecule has 1 amide bonds. The molecule has 0 aliphatic carbocycles. The van der Waals surface area contributed by atoms with Crippen LogP contribution in [0.3, 0.4) is 0 Å². The standard InChI is InChI=1S/C15H13BrFNOS/c16-14-4-2-1-3-11(14)9-20-10-15(19)18-13-7-5-12(17)6-8-13/h1-8H,9-10H2,(H,18,19). The number of anilines is 1. The molecule has 5 heteroatoms. The van der Waals surface area contributed by atoms with Gasteiger partial charge in [0, 0.05) is 15.9 Å². The molecule has 2 aromatic rings. The molecule has 0 spiro atoms. The lowest BCUT2D eigenvalue weighted by molar-refractivity contribution is -0.113. The van der Waals surface area contributed by atoms with Crippen LogP contribution >= 0.6 is 27.7 Å². The number of rotatable bonds is 5. The Hall–Kier alpha value is -1.33. The van der Waals surface area contributed by atoms with E-state index >= 15 is 0 Å². The Morgan fingerprint density at radius 3 is 2.55 bits per heavy atom. The van der Waals surface area contributed by atoms with Gasteiger partial charge < -0.3 is 5.32 Å². The van der Waals surface area contributed by atoms with E-state index in [2.05, 4.69) is 21.2 Å². The van der Waals surface area contributed by atoms with Gasteiger partial charge in [0.15, 0.2) is 0 Å². The van der Waals surface area contributed by atoms with Crippen LogP contribution in [-0.4, -0.2) is 11.7 Å². The minimum Gasteiger partial charge on any atom is -0.325 e. The van der Waals surface area contributed by atoms with Crippen LogP contribution in [0.15, 0.2) is 53.0 Å². The number of hydrogen-bond donors (Lipinski definition) is 1. The van der Waals surface area contributed by atoms with Gasteiger partial charge in [0.25, 0.3) is 0 Å². The van der Waals surface area contributed by atoms with E-state index in [-0.39, 0.29) is 11.7 Å². The van der Waals surface area contributed by atoms with Crippen LogP contribution in [0.4, 0.5) is 10.1 Å². The van der Waals surface area contributed by atoms with Crippen molar-refractivity contribution in [1.82, 2.24) is 0 Å². The normalized spacial score (nSPS) is 10.3. The number of halogens is 2. The molecule has 2 nitrogen and oxygen atoms in total. The second-order valence-corrected chi connectivity index (χ2v) is 5.98. The molecule has 0 bridgehead atoms. The monoisotopic (exact) mass is 353 g/mol. The second kappa shape index (κ2) is 7.45. The largest absolute Gasteiger partial charge is 0.325 e. The summed E-state index contributed by atoms with van der Waals surface area (Å²) in [6, 6.07) is 13.7. The van der Waals surface area contributed by atoms with Gasteiger partial charge in [0.2, 0.25) is 5.91 Å². The third-order valence-corrected chi connectivity index (χ3v) is 4.33. The molecule has 2 aromatic carbocycles. The van der Waals surface area contributed by atoms with Gasteiger partial charge in [-0.1, -0.05) is 34.1 Å². The van der Waals surface area contributed by atoms with E-state index < -0.39 is 0 Å². The molecule has 0 saturated heterocycles. The predicted molar refractivity (Wildman–Crippen MR) is 85.3 cm³/mol. The third kappa shape index (κ3) is 4.65. The van der Waals surface area contributed by atoms with Gasteiger partial charge >= 0.3 is 0 Å². The Labute approximate surface area is 129 Å². The van der Waals surface area contributed by atoms with E-state index in [1.807, 2.05) is 24.3 Å². The number of nitrogens with one attached hydrogen (secondary N) is 1. The van der Waals surface area contributed by atoms with Crippen molar-refractivity contribution in [1.29, 1.82) is 0 Å². The highest BCUT2D eigenvalue weighted by Crippen LogP contribution is 2.21. The van der Waals surface area contributed by atoms with Gasteiger partial charge in [-0.2, -0.15) is 0 Å². The first-order chi connectivity index (χ1) is 9.65. The summed E-state index contributed by atoms with van der Waals surface area (Å²) in [5.41, 5.74) is 1.77. The molecule has 20 heavy (non-hydrogen) atoms. The lowest BCUT2D eigenvalue weighted by Gasteiger charge is -2.06. The first-order valence-electron chi connectivity index (χ1n) is 6.02. The quantitative estimate of drug-likeness (QED) is 0.859. The Morgan fingerprint density at radius 1 is 1.15 bits per heavy atom. The number of amides is 1. The molecule has 104 valence electrons. The number of thioether (sulfide) groups is 1. The minimum atomic E-state index is -0.314. The predicted octanol–water partition coefficient (Wildman–Crippen LogP) is 4.46. The Morgan fingerprint density at radius 2 is 1.85 bits per heavy atom. The van der Waals surface area contributed by atoms with Gasteiger partial charge in [-0.05, 0) is 35.9 Å². The molecule has 0 unspecified atom stereocenters. The van der Waals surface area contributed by atoms with Crippen LogP contribution in [0.2, 0.25) is 0 Å². The highest BCUT2D eigenvalue weighted by molar-refractivity contribution is 9.10. The van der Waals surface area contributed by atoms with Gasteiger partial charge in [0.1, 0.15) is 5.82 Å². The first-order valence-corrected chi connectivity index (χ1v) is 7.96. The zero-order valence-corrected chi connectivity index (χ0v) is 13.0. The van der Waals surface area contributed by atoms with E-state index in [0.717, 1.165) is 15.8 Å². The van der Waals surface area contributed by atoms with Crippen molar-refractivity contribution >= 4 is 39.3 Å². The highest BCUT2D eigenvalue weighted by atomic mass is 79.9. The fourth-order valence-corrected chi connectivity index (χ4v) is 3.04. The maximum atomic E-state index is 12.7. The van der Waals surface area contributed by atoms with Crippen LogP contribution in [0.1, 0.15) is 5.56 Å². The zero-order valence-electron chi connectivity index (χ0n) is 10.6. The van der Waals surface area contributed by atoms with Crippen molar-refractivity contribution < 1.29 is 9.18 Å². The van der Waals surface area contributed by atoms with Gasteiger partial charge in [-0.25, -0.2) is 4.39 Å². The van der Waals surface area contributed by atoms with E-state index in [1.54, 1.807) is 12.1 Å². The van der Waals surface area contributed by atoms with E-state index in [1.165, 1.54) is 23.9 Å². The number of benzene rings is 2. The van der Waals surface area contributed by atoms with Gasteiger partial charge in [-0.15, -0.1) is 11.8 Å². The Balaban J connectivity index is 1.78. The minimum absolute atomic E-state index is 0.0892. The topological polar surface area (TPSA) is 29.1 Å². The summed E-state index contributed by atoms with van der Waals surface area (Å²) < 4.78 is 13.8. The first kappa shape index (κ1) is 15.1. The molecule has 0 aliphatic rings. The number of carbonyl (C=O) groups excluding carboxylic acids is 1. The van der Waals surface area contributed by atoms with E-state index in [9.17, 15) is 9.18 Å². The summed E-state index contributed by atoms with van der Waals surface area (Å²) in [4.78, 5) is 11.7. The summed E-state index contributed by atoms with van der Waals surface area (Å²) in [6.07, 6.45) is 0. The summed E-state index contributed by atoms with van der Waals surface area (Å²) in [5.74, 6) is 0.719. The van der Waals surface area contributed by atoms with Crippen LogP contribution in [0, 0.1) is 5.82 Å². The van der Waals surface area contributed by atoms with Crippen molar-refractivity contribution in [3.8, 4) is 0 Å². The molecule has 0 fully saturated rings. The number of hydrogen-bond acceptors (Lipinski definition) is 2. The highest BCUT2D eigenvalue weighted by Gasteiger charge is 2.04. The lowest BCUT2D eigenvalue weighted by atomic mass is 10.2. The van der Waals surface area contributed by atoms with Crippen LogP contribution in [0.5, 0.6) is 0 Å². The fraction of sp³-hybridized carbons (Fsp3) is 0.133. The molecule has 0 aromatic heterocycles.